The fourth-order valence-corrected chi connectivity index (χ4v) is 5.20. The molecule has 176 valence electrons. The number of aryl methyl sites for hydroxylation is 1. The van der Waals surface area contributed by atoms with Gasteiger partial charge in [0.1, 0.15) is 18.2 Å². The molecular weight excluding hydrogens is 451 g/mol. The van der Waals surface area contributed by atoms with Crippen molar-refractivity contribution in [2.75, 3.05) is 60.2 Å². The molecule has 2 aliphatic heterocycles. The molecule has 0 aliphatic carbocycles. The van der Waals surface area contributed by atoms with Gasteiger partial charge < -0.3 is 15.0 Å². The first kappa shape index (κ1) is 23.0. The molecule has 1 N–H and O–H groups in total. The number of carbonyl (C=O) groups excluding carboxylic acids is 2. The van der Waals surface area contributed by atoms with Gasteiger partial charge in [-0.15, -0.1) is 0 Å². The van der Waals surface area contributed by atoms with Crippen molar-refractivity contribution < 1.29 is 27.1 Å². The molecule has 0 spiro atoms. The molecule has 2 aliphatic rings. The lowest BCUT2D eigenvalue weighted by molar-refractivity contribution is -0.114. The number of rotatable bonds is 6. The number of nitrogens with zero attached hydrogens (tertiary/aromatic N) is 3. The zero-order chi connectivity index (χ0) is 23.6. The summed E-state index contributed by atoms with van der Waals surface area (Å²) in [6.07, 6.45) is -0.564. The molecule has 2 heterocycles. The Morgan fingerprint density at radius 1 is 1.06 bits per heavy atom. The maximum atomic E-state index is 14.2. The van der Waals surface area contributed by atoms with Crippen LogP contribution >= 0.6 is 0 Å². The van der Waals surface area contributed by atoms with Crippen molar-refractivity contribution in [3.05, 3.63) is 53.8 Å². The van der Waals surface area contributed by atoms with Crippen LogP contribution in [0.4, 0.5) is 26.2 Å². The molecule has 0 atom stereocenters. The lowest BCUT2D eigenvalue weighted by Crippen LogP contribution is -2.50. The molecule has 0 unspecified atom stereocenters. The molecule has 33 heavy (non-hydrogen) atoms. The van der Waals surface area contributed by atoms with Crippen molar-refractivity contribution in [2.45, 2.75) is 6.92 Å². The summed E-state index contributed by atoms with van der Waals surface area (Å²) in [5, 5.41) is 2.32. The molecule has 2 aromatic rings. The van der Waals surface area contributed by atoms with Gasteiger partial charge in [0, 0.05) is 37.6 Å². The Bertz CT molecular complexity index is 1170. The number of hydrogen-bond donors (Lipinski definition) is 1. The highest BCUT2D eigenvalue weighted by molar-refractivity contribution is 7.89. The summed E-state index contributed by atoms with van der Waals surface area (Å²) in [4.78, 5) is 27.6. The van der Waals surface area contributed by atoms with Crippen LogP contribution in [0.5, 0.6) is 0 Å². The number of cyclic esters (lactones) is 1. The molecule has 11 heteroatoms. The van der Waals surface area contributed by atoms with Crippen LogP contribution in [0.1, 0.15) is 5.56 Å². The summed E-state index contributed by atoms with van der Waals surface area (Å²) in [6.45, 7) is 4.04. The fraction of sp³-hybridized carbons (Fsp3) is 0.364. The monoisotopic (exact) mass is 476 g/mol. The van der Waals surface area contributed by atoms with Crippen molar-refractivity contribution in [1.82, 2.24) is 4.31 Å². The number of anilines is 3. The van der Waals surface area contributed by atoms with Gasteiger partial charge in [-0.1, -0.05) is 12.1 Å². The smallest absolute Gasteiger partial charge is 0.414 e. The second kappa shape index (κ2) is 9.36. The Kier molecular flexibility index (Phi) is 6.52. The predicted molar refractivity (Wildman–Crippen MR) is 122 cm³/mol. The van der Waals surface area contributed by atoms with Crippen LogP contribution in [-0.2, 0) is 19.6 Å². The van der Waals surface area contributed by atoms with Crippen LogP contribution in [0.25, 0.3) is 0 Å². The summed E-state index contributed by atoms with van der Waals surface area (Å²) in [5.74, 6) is -2.38. The molecule has 9 nitrogen and oxygen atoms in total. The quantitative estimate of drug-likeness (QED) is 0.686. The van der Waals surface area contributed by atoms with Crippen LogP contribution in [0.3, 0.4) is 0 Å². The highest BCUT2D eigenvalue weighted by atomic mass is 32.2. The van der Waals surface area contributed by atoms with Gasteiger partial charge in [0.15, 0.2) is 0 Å². The Labute approximate surface area is 191 Å². The first-order valence-electron chi connectivity index (χ1n) is 10.6. The Hall–Kier alpha value is -3.18. The van der Waals surface area contributed by atoms with Crippen molar-refractivity contribution in [1.29, 1.82) is 0 Å². The highest BCUT2D eigenvalue weighted by Gasteiger charge is 2.30. The van der Waals surface area contributed by atoms with Crippen LogP contribution in [0.2, 0.25) is 0 Å². The number of piperazine rings is 1. The van der Waals surface area contributed by atoms with E-state index in [0.717, 1.165) is 17.3 Å². The topological polar surface area (TPSA) is 99.3 Å². The third-order valence-corrected chi connectivity index (χ3v) is 7.39. The van der Waals surface area contributed by atoms with Crippen LogP contribution in [0.15, 0.2) is 42.5 Å². The van der Waals surface area contributed by atoms with Crippen LogP contribution in [0, 0.1) is 12.7 Å². The third kappa shape index (κ3) is 5.25. The van der Waals surface area contributed by atoms with Crippen molar-refractivity contribution >= 4 is 39.1 Å². The molecule has 2 fully saturated rings. The minimum atomic E-state index is -3.88. The van der Waals surface area contributed by atoms with Gasteiger partial charge in [-0.05, 0) is 42.8 Å². The summed E-state index contributed by atoms with van der Waals surface area (Å²) in [6, 6.07) is 11.8. The average Bonchev–Trinajstić information content (AvgIpc) is 3.21. The van der Waals surface area contributed by atoms with E-state index in [-0.39, 0.29) is 25.4 Å². The predicted octanol–water partition coefficient (Wildman–Crippen LogP) is 2.18. The summed E-state index contributed by atoms with van der Waals surface area (Å²) in [7, 11) is -3.88. The van der Waals surface area contributed by atoms with Gasteiger partial charge in [0.2, 0.25) is 15.9 Å². The molecule has 4 rings (SSSR count). The lowest BCUT2D eigenvalue weighted by atomic mass is 10.2. The Morgan fingerprint density at radius 3 is 2.48 bits per heavy atom. The Balaban J connectivity index is 1.37. The van der Waals surface area contributed by atoms with E-state index in [1.807, 2.05) is 31.2 Å². The molecule has 2 amide bonds. The van der Waals surface area contributed by atoms with Crippen molar-refractivity contribution in [3.63, 3.8) is 0 Å². The summed E-state index contributed by atoms with van der Waals surface area (Å²) in [5.41, 5.74) is 2.31. The zero-order valence-electron chi connectivity index (χ0n) is 18.2. The Morgan fingerprint density at radius 2 is 1.82 bits per heavy atom. The van der Waals surface area contributed by atoms with Crippen LogP contribution < -0.4 is 15.1 Å². The average molecular weight is 477 g/mol. The van der Waals surface area contributed by atoms with E-state index >= 15 is 0 Å². The molecule has 2 saturated heterocycles. The number of halogens is 1. The van der Waals surface area contributed by atoms with E-state index in [4.69, 9.17) is 4.74 Å². The largest absolute Gasteiger partial charge is 0.447 e. The van der Waals surface area contributed by atoms with E-state index in [2.05, 4.69) is 10.2 Å². The molecule has 0 aromatic heterocycles. The zero-order valence-corrected chi connectivity index (χ0v) is 19.0. The maximum Gasteiger partial charge on any atom is 0.414 e. The first-order chi connectivity index (χ1) is 15.7. The minimum absolute atomic E-state index is 0.198. The van der Waals surface area contributed by atoms with Crippen LogP contribution in [-0.4, -0.2) is 69.8 Å². The highest BCUT2D eigenvalue weighted by Crippen LogP contribution is 2.25. The fourth-order valence-electron chi connectivity index (χ4n) is 3.90. The second-order valence-electron chi connectivity index (χ2n) is 7.96. The van der Waals surface area contributed by atoms with Gasteiger partial charge in [-0.3, -0.25) is 9.69 Å². The van der Waals surface area contributed by atoms with Gasteiger partial charge in [-0.25, -0.2) is 17.6 Å². The number of amides is 2. The molecule has 2 aromatic carbocycles. The number of nitrogens with one attached hydrogen (secondary N) is 1. The maximum absolute atomic E-state index is 14.2. The standard InChI is InChI=1S/C22H25FN4O5S/c1-16-3-2-4-17(13-16)25-7-9-26(10-8-25)33(30,31)15-21(28)24-20-14-18(5-6-19(20)23)27-11-12-32-22(27)29/h2-6,13-14H,7-12,15H2,1H3,(H,24,28). The van der Waals surface area contributed by atoms with Crippen molar-refractivity contribution in [3.8, 4) is 0 Å². The van der Waals surface area contributed by atoms with E-state index < -0.39 is 33.6 Å². The molecule has 0 bridgehead atoms. The van der Waals surface area contributed by atoms with E-state index in [0.29, 0.717) is 25.3 Å². The third-order valence-electron chi connectivity index (χ3n) is 5.61. The van der Waals surface area contributed by atoms with Gasteiger partial charge in [0.05, 0.1) is 12.2 Å². The summed E-state index contributed by atoms with van der Waals surface area (Å²) < 4.78 is 45.9. The number of benzene rings is 2. The number of hydrogen-bond acceptors (Lipinski definition) is 6. The number of carbonyl (C=O) groups is 2. The molecule has 0 radical (unpaired) electrons. The van der Waals surface area contributed by atoms with Gasteiger partial charge in [-0.2, -0.15) is 4.31 Å². The summed E-state index contributed by atoms with van der Waals surface area (Å²) >= 11 is 0. The molecular formula is C22H25FN4O5S. The SMILES string of the molecule is Cc1cccc(N2CCN(S(=O)(=O)CC(=O)Nc3cc(N4CCOC4=O)ccc3F)CC2)c1. The van der Waals surface area contributed by atoms with E-state index in [9.17, 15) is 22.4 Å². The second-order valence-corrected chi connectivity index (χ2v) is 9.93. The van der Waals surface area contributed by atoms with E-state index in [1.54, 1.807) is 0 Å². The minimum Gasteiger partial charge on any atom is -0.447 e. The lowest BCUT2D eigenvalue weighted by Gasteiger charge is -2.35. The van der Waals surface area contributed by atoms with Gasteiger partial charge >= 0.3 is 6.09 Å². The first-order valence-corrected chi connectivity index (χ1v) is 12.2. The normalized spacial score (nSPS) is 17.2. The van der Waals surface area contributed by atoms with Crippen molar-refractivity contribution in [2.24, 2.45) is 0 Å². The number of sulfonamides is 1. The number of ether oxygens (including phenoxy) is 1. The van der Waals surface area contributed by atoms with E-state index in [1.165, 1.54) is 21.3 Å². The van der Waals surface area contributed by atoms with Gasteiger partial charge in [0.25, 0.3) is 0 Å². The molecule has 0 saturated carbocycles.